The van der Waals surface area contributed by atoms with Gasteiger partial charge in [0.2, 0.25) is 5.91 Å². The topological polar surface area (TPSA) is 57.0 Å². The van der Waals surface area contributed by atoms with Crippen molar-refractivity contribution in [1.29, 1.82) is 5.26 Å². The van der Waals surface area contributed by atoms with Crippen LogP contribution in [0.1, 0.15) is 24.0 Å². The number of nitrogens with zero attached hydrogens (tertiary/aromatic N) is 3. The first-order valence-electron chi connectivity index (χ1n) is 7.47. The molecule has 0 bridgehead atoms. The van der Waals surface area contributed by atoms with Gasteiger partial charge in [-0.25, -0.2) is 0 Å². The molecule has 118 valence electrons. The van der Waals surface area contributed by atoms with Crippen LogP contribution in [0.25, 0.3) is 0 Å². The van der Waals surface area contributed by atoms with Crippen LogP contribution in [-0.2, 0) is 17.8 Å². The van der Waals surface area contributed by atoms with Crippen molar-refractivity contribution in [3.8, 4) is 6.07 Å². The predicted molar refractivity (Wildman–Crippen MR) is 92.3 cm³/mol. The molecule has 4 nitrogen and oxygen atoms in total. The summed E-state index contributed by atoms with van der Waals surface area (Å²) in [6.45, 7) is 0.940. The third-order valence-corrected chi connectivity index (χ3v) is 3.95. The van der Waals surface area contributed by atoms with Crippen LogP contribution < -0.4 is 0 Å². The van der Waals surface area contributed by atoms with Gasteiger partial charge in [0.05, 0.1) is 12.5 Å². The molecule has 0 aliphatic heterocycles. The highest BCUT2D eigenvalue weighted by molar-refractivity contribution is 9.10. The molecule has 2 aromatic rings. The van der Waals surface area contributed by atoms with E-state index in [9.17, 15) is 4.79 Å². The summed E-state index contributed by atoms with van der Waals surface area (Å²) in [5.41, 5.74) is 2.09. The summed E-state index contributed by atoms with van der Waals surface area (Å²) in [6, 6.07) is 13.9. The zero-order valence-electron chi connectivity index (χ0n) is 12.8. The number of nitriles is 1. The van der Waals surface area contributed by atoms with Crippen LogP contribution in [0, 0.1) is 11.3 Å². The minimum atomic E-state index is 0.0593. The van der Waals surface area contributed by atoms with Crippen LogP contribution in [0.2, 0.25) is 0 Å². The predicted octanol–water partition coefficient (Wildman–Crippen LogP) is 3.72. The van der Waals surface area contributed by atoms with Gasteiger partial charge < -0.3 is 4.90 Å². The lowest BCUT2D eigenvalue weighted by Crippen LogP contribution is -2.31. The standard InChI is InChI=1S/C18H18BrN3O/c19-17-6-1-4-15(12-17)7-8-18(23)22(11-3-9-20)14-16-5-2-10-21-13-16/h1-2,4-6,10,12-13H,3,7-8,11,14H2. The van der Waals surface area contributed by atoms with E-state index in [2.05, 4.69) is 27.0 Å². The van der Waals surface area contributed by atoms with Crippen LogP contribution in [-0.4, -0.2) is 22.3 Å². The monoisotopic (exact) mass is 371 g/mol. The number of halogens is 1. The van der Waals surface area contributed by atoms with Gasteiger partial charge in [-0.05, 0) is 35.7 Å². The molecular weight excluding hydrogens is 354 g/mol. The van der Waals surface area contributed by atoms with Gasteiger partial charge in [0.15, 0.2) is 0 Å². The highest BCUT2D eigenvalue weighted by Gasteiger charge is 2.14. The smallest absolute Gasteiger partial charge is 0.223 e. The maximum absolute atomic E-state index is 12.5. The molecule has 0 saturated heterocycles. The van der Waals surface area contributed by atoms with Crippen molar-refractivity contribution in [2.75, 3.05) is 6.54 Å². The molecule has 2 rings (SSSR count). The minimum Gasteiger partial charge on any atom is -0.337 e. The number of carbonyl (C=O) groups is 1. The quantitative estimate of drug-likeness (QED) is 0.744. The molecule has 1 aromatic heterocycles. The van der Waals surface area contributed by atoms with E-state index in [0.29, 0.717) is 32.4 Å². The average molecular weight is 372 g/mol. The van der Waals surface area contributed by atoms with E-state index in [1.54, 1.807) is 17.3 Å². The number of rotatable bonds is 7. The van der Waals surface area contributed by atoms with Gasteiger partial charge in [0.25, 0.3) is 0 Å². The Labute approximate surface area is 144 Å². The van der Waals surface area contributed by atoms with E-state index >= 15 is 0 Å². The fraction of sp³-hybridized carbons (Fsp3) is 0.278. The average Bonchev–Trinajstić information content (AvgIpc) is 2.57. The number of carbonyl (C=O) groups excluding carboxylic acids is 1. The number of pyridine rings is 1. The molecule has 0 atom stereocenters. The van der Waals surface area contributed by atoms with Gasteiger partial charge in [-0.1, -0.05) is 34.1 Å². The van der Waals surface area contributed by atoms with Crippen LogP contribution in [0.5, 0.6) is 0 Å². The van der Waals surface area contributed by atoms with Crippen molar-refractivity contribution in [1.82, 2.24) is 9.88 Å². The second-order valence-corrected chi connectivity index (χ2v) is 6.13. The highest BCUT2D eigenvalue weighted by atomic mass is 79.9. The minimum absolute atomic E-state index is 0.0593. The SMILES string of the molecule is N#CCCN(Cc1cccnc1)C(=O)CCc1cccc(Br)c1. The molecule has 1 aromatic carbocycles. The van der Waals surface area contributed by atoms with Crippen molar-refractivity contribution in [2.24, 2.45) is 0 Å². The van der Waals surface area contributed by atoms with Crippen molar-refractivity contribution in [3.63, 3.8) is 0 Å². The van der Waals surface area contributed by atoms with Gasteiger partial charge in [-0.2, -0.15) is 5.26 Å². The zero-order valence-corrected chi connectivity index (χ0v) is 14.4. The molecule has 23 heavy (non-hydrogen) atoms. The third kappa shape index (κ3) is 5.84. The van der Waals surface area contributed by atoms with E-state index < -0.39 is 0 Å². The van der Waals surface area contributed by atoms with Crippen LogP contribution in [0.15, 0.2) is 53.3 Å². The second kappa shape index (κ2) is 9.06. The van der Waals surface area contributed by atoms with Crippen molar-refractivity contribution in [3.05, 3.63) is 64.4 Å². The Bertz CT molecular complexity index is 682. The molecule has 5 heteroatoms. The fourth-order valence-electron chi connectivity index (χ4n) is 2.29. The molecule has 1 heterocycles. The molecule has 0 unspecified atom stereocenters. The number of aryl methyl sites for hydroxylation is 1. The van der Waals surface area contributed by atoms with Crippen LogP contribution >= 0.6 is 15.9 Å². The summed E-state index contributed by atoms with van der Waals surface area (Å²) in [7, 11) is 0. The largest absolute Gasteiger partial charge is 0.337 e. The van der Waals surface area contributed by atoms with Gasteiger partial charge >= 0.3 is 0 Å². The molecule has 0 spiro atoms. The summed E-state index contributed by atoms with van der Waals surface area (Å²) in [5.74, 6) is 0.0593. The molecule has 0 radical (unpaired) electrons. The normalized spacial score (nSPS) is 10.1. The maximum atomic E-state index is 12.5. The van der Waals surface area contributed by atoms with Gasteiger partial charge in [-0.15, -0.1) is 0 Å². The number of amides is 1. The van der Waals surface area contributed by atoms with Crippen LogP contribution in [0.4, 0.5) is 0 Å². The summed E-state index contributed by atoms with van der Waals surface area (Å²) >= 11 is 3.44. The zero-order chi connectivity index (χ0) is 16.5. The number of hydrogen-bond donors (Lipinski definition) is 0. The molecular formula is C18H18BrN3O. The molecule has 0 fully saturated rings. The molecule has 0 aliphatic carbocycles. The fourth-order valence-corrected chi connectivity index (χ4v) is 2.74. The maximum Gasteiger partial charge on any atom is 0.223 e. The van der Waals surface area contributed by atoms with Gasteiger partial charge in [0, 0.05) is 36.4 Å². The second-order valence-electron chi connectivity index (χ2n) is 5.21. The van der Waals surface area contributed by atoms with Crippen molar-refractivity contribution < 1.29 is 4.79 Å². The Kier molecular flexibility index (Phi) is 6.76. The van der Waals surface area contributed by atoms with E-state index in [0.717, 1.165) is 15.6 Å². The molecule has 0 saturated carbocycles. The third-order valence-electron chi connectivity index (χ3n) is 3.46. The van der Waals surface area contributed by atoms with E-state index in [-0.39, 0.29) is 5.91 Å². The highest BCUT2D eigenvalue weighted by Crippen LogP contribution is 2.14. The molecule has 1 amide bonds. The summed E-state index contributed by atoms with van der Waals surface area (Å²) in [5, 5.41) is 8.80. The lowest BCUT2D eigenvalue weighted by Gasteiger charge is -2.21. The van der Waals surface area contributed by atoms with Crippen molar-refractivity contribution in [2.45, 2.75) is 25.8 Å². The van der Waals surface area contributed by atoms with E-state index in [1.165, 1.54) is 0 Å². The number of aromatic nitrogens is 1. The first kappa shape index (κ1) is 17.2. The Hall–Kier alpha value is -2.19. The van der Waals surface area contributed by atoms with Gasteiger partial charge in [-0.3, -0.25) is 9.78 Å². The summed E-state index contributed by atoms with van der Waals surface area (Å²) in [4.78, 5) is 18.3. The van der Waals surface area contributed by atoms with Crippen molar-refractivity contribution >= 4 is 21.8 Å². The van der Waals surface area contributed by atoms with Crippen LogP contribution in [0.3, 0.4) is 0 Å². The first-order valence-corrected chi connectivity index (χ1v) is 8.26. The Morgan fingerprint density at radius 1 is 1.26 bits per heavy atom. The first-order chi connectivity index (χ1) is 11.2. The number of hydrogen-bond acceptors (Lipinski definition) is 3. The Morgan fingerprint density at radius 2 is 2.09 bits per heavy atom. The van der Waals surface area contributed by atoms with E-state index in [4.69, 9.17) is 5.26 Å². The summed E-state index contributed by atoms with van der Waals surface area (Å²) in [6.07, 6.45) is 4.92. The Morgan fingerprint density at radius 3 is 2.78 bits per heavy atom. The molecule has 0 aliphatic rings. The summed E-state index contributed by atoms with van der Waals surface area (Å²) < 4.78 is 1.01. The van der Waals surface area contributed by atoms with Gasteiger partial charge in [0.1, 0.15) is 0 Å². The Balaban J connectivity index is 1.97. The lowest BCUT2D eigenvalue weighted by molar-refractivity contribution is -0.131. The molecule has 0 N–H and O–H groups in total. The van der Waals surface area contributed by atoms with E-state index in [1.807, 2.05) is 36.4 Å². The number of benzene rings is 1. The lowest BCUT2D eigenvalue weighted by atomic mass is 10.1.